The number of piperidine rings is 1. The number of aliphatic hydroxyl groups is 1. The van der Waals surface area contributed by atoms with Crippen LogP contribution in [0, 0.1) is 0 Å². The van der Waals surface area contributed by atoms with Gasteiger partial charge >= 0.3 is 7.82 Å². The summed E-state index contributed by atoms with van der Waals surface area (Å²) in [5.74, 6) is 0.0463. The Morgan fingerprint density at radius 2 is 2.12 bits per heavy atom. The van der Waals surface area contributed by atoms with Gasteiger partial charge in [-0.25, -0.2) is 4.57 Å². The maximum atomic E-state index is 12.7. The van der Waals surface area contributed by atoms with Crippen LogP contribution in [0.15, 0.2) is 12.1 Å². The van der Waals surface area contributed by atoms with Crippen LogP contribution in [0.5, 0.6) is 11.5 Å². The van der Waals surface area contributed by atoms with Crippen molar-refractivity contribution in [3.05, 3.63) is 23.3 Å². The molecule has 0 aromatic heterocycles. The number of hydrogen-bond acceptors (Lipinski definition) is 6. The van der Waals surface area contributed by atoms with Crippen LogP contribution < -0.4 is 9.26 Å². The summed E-state index contributed by atoms with van der Waals surface area (Å²) in [5.41, 5.74) is -0.348. The molecule has 1 aromatic rings. The van der Waals surface area contributed by atoms with E-state index < -0.39 is 24.9 Å². The molecule has 1 saturated heterocycles. The fourth-order valence-electron chi connectivity index (χ4n) is 5.72. The number of likely N-dealkylation sites (N-methyl/N-ethyl adjacent to an activating group) is 1. The van der Waals surface area contributed by atoms with Crippen molar-refractivity contribution in [2.75, 3.05) is 13.6 Å². The Balaban J connectivity index is 1.79. The third-order valence-electron chi connectivity index (χ3n) is 6.73. The number of ketones is 1. The van der Waals surface area contributed by atoms with E-state index >= 15 is 0 Å². The quantitative estimate of drug-likeness (QED) is 0.635. The SMILES string of the molecule is CN1CC[C@]23c4c5ccc(OP(=O)(O)O)c4O[C@H]2C(=O)CC[C@@]3(O)[C@H]1C5. The molecule has 4 atom stereocenters. The van der Waals surface area contributed by atoms with Gasteiger partial charge < -0.3 is 19.3 Å². The third-order valence-corrected chi connectivity index (χ3v) is 7.16. The molecule has 2 aliphatic carbocycles. The zero-order chi connectivity index (χ0) is 18.5. The fraction of sp³-hybridized carbons (Fsp3) is 0.588. The van der Waals surface area contributed by atoms with Crippen molar-refractivity contribution in [2.24, 2.45) is 0 Å². The van der Waals surface area contributed by atoms with E-state index in [4.69, 9.17) is 9.26 Å². The van der Waals surface area contributed by atoms with Crippen LogP contribution >= 0.6 is 7.82 Å². The molecule has 1 aromatic carbocycles. The lowest BCUT2D eigenvalue weighted by molar-refractivity contribution is -0.185. The maximum Gasteiger partial charge on any atom is 0.524 e. The minimum absolute atomic E-state index is 0.0756. The van der Waals surface area contributed by atoms with Crippen molar-refractivity contribution < 1.29 is 33.5 Å². The van der Waals surface area contributed by atoms with E-state index in [-0.39, 0.29) is 29.7 Å². The van der Waals surface area contributed by atoms with E-state index in [1.54, 1.807) is 6.07 Å². The largest absolute Gasteiger partial charge is 0.524 e. The van der Waals surface area contributed by atoms with Gasteiger partial charge in [-0.05, 0) is 44.5 Å². The van der Waals surface area contributed by atoms with Crippen molar-refractivity contribution in [1.29, 1.82) is 0 Å². The molecule has 3 N–H and O–H groups in total. The Bertz CT molecular complexity index is 882. The number of benzene rings is 1. The van der Waals surface area contributed by atoms with Gasteiger partial charge in [-0.1, -0.05) is 6.07 Å². The summed E-state index contributed by atoms with van der Waals surface area (Å²) in [6.07, 6.45) is 0.895. The number of ether oxygens (including phenoxy) is 1. The Morgan fingerprint density at radius 1 is 1.35 bits per heavy atom. The number of hydrogen-bond donors (Lipinski definition) is 3. The van der Waals surface area contributed by atoms with Gasteiger partial charge in [-0.15, -0.1) is 0 Å². The number of likely N-dealkylation sites (tertiary alicyclic amines) is 1. The highest BCUT2D eigenvalue weighted by atomic mass is 31.2. The van der Waals surface area contributed by atoms with Crippen LogP contribution in [0.25, 0.3) is 0 Å². The van der Waals surface area contributed by atoms with Crippen LogP contribution in [0.4, 0.5) is 0 Å². The normalized spacial score (nSPS) is 37.9. The van der Waals surface area contributed by atoms with Crippen molar-refractivity contribution in [3.8, 4) is 11.5 Å². The predicted molar refractivity (Wildman–Crippen MR) is 89.1 cm³/mol. The molecule has 2 heterocycles. The zero-order valence-corrected chi connectivity index (χ0v) is 15.1. The average Bonchev–Trinajstić information content (AvgIpc) is 2.90. The monoisotopic (exact) mass is 381 g/mol. The molecule has 8 nitrogen and oxygen atoms in total. The topological polar surface area (TPSA) is 117 Å². The number of Topliss-reactive ketones (excluding diaryl/α,β-unsaturated/α-hetero) is 1. The molecule has 140 valence electrons. The molecule has 2 fully saturated rings. The van der Waals surface area contributed by atoms with Gasteiger partial charge in [0.1, 0.15) is 0 Å². The van der Waals surface area contributed by atoms with E-state index in [1.807, 2.05) is 7.05 Å². The standard InChI is InChI=1S/C17H20NO7P/c1-18-7-6-16-13-9-2-3-11(25-26(21,22)23)14(13)24-15(16)10(19)4-5-17(16,20)12(18)8-9/h2-3,12,15,20H,4-8H2,1H3,(H2,21,22,23)/t12-,15+,16+,17-/m1/s1. The number of carbonyl (C=O) groups is 1. The van der Waals surface area contributed by atoms with Crippen LogP contribution in [-0.2, 0) is 21.2 Å². The molecule has 0 amide bonds. The van der Waals surface area contributed by atoms with Gasteiger partial charge in [0.05, 0.1) is 11.0 Å². The minimum atomic E-state index is -4.78. The second-order valence-corrected chi connectivity index (χ2v) is 8.98. The van der Waals surface area contributed by atoms with E-state index in [0.29, 0.717) is 31.4 Å². The lowest BCUT2D eigenvalue weighted by Crippen LogP contribution is -2.76. The Labute approximate surface area is 150 Å². The number of rotatable bonds is 2. The van der Waals surface area contributed by atoms with Gasteiger partial charge in [0.2, 0.25) is 0 Å². The molecule has 2 bridgehead atoms. The number of carbonyl (C=O) groups excluding carboxylic acids is 1. The second kappa shape index (κ2) is 4.88. The van der Waals surface area contributed by atoms with Crippen molar-refractivity contribution in [3.63, 3.8) is 0 Å². The molecular weight excluding hydrogens is 361 g/mol. The van der Waals surface area contributed by atoms with E-state index in [2.05, 4.69) is 4.90 Å². The number of phosphoric acid groups is 1. The summed E-state index contributed by atoms with van der Waals surface area (Å²) in [7, 11) is -2.80. The number of nitrogens with zero attached hydrogens (tertiary/aromatic N) is 1. The van der Waals surface area contributed by atoms with E-state index in [1.165, 1.54) is 6.07 Å². The summed E-state index contributed by atoms with van der Waals surface area (Å²) in [6, 6.07) is 3.12. The van der Waals surface area contributed by atoms with Crippen molar-refractivity contribution in [2.45, 2.75) is 48.8 Å². The highest BCUT2D eigenvalue weighted by Crippen LogP contribution is 2.65. The summed E-state index contributed by atoms with van der Waals surface area (Å²) in [6.45, 7) is 0.711. The molecule has 0 unspecified atom stereocenters. The fourth-order valence-corrected chi connectivity index (χ4v) is 6.12. The van der Waals surface area contributed by atoms with Gasteiger partial charge in [0, 0.05) is 18.0 Å². The Kier molecular flexibility index (Phi) is 3.14. The maximum absolute atomic E-state index is 12.7. The van der Waals surface area contributed by atoms with E-state index in [9.17, 15) is 24.3 Å². The molecule has 26 heavy (non-hydrogen) atoms. The van der Waals surface area contributed by atoms with Crippen LogP contribution in [0.3, 0.4) is 0 Å². The van der Waals surface area contributed by atoms with Crippen LogP contribution in [-0.4, -0.2) is 56.9 Å². The molecule has 1 spiro atoms. The van der Waals surface area contributed by atoms with Crippen LogP contribution in [0.2, 0.25) is 0 Å². The van der Waals surface area contributed by atoms with E-state index in [0.717, 1.165) is 5.56 Å². The highest BCUT2D eigenvalue weighted by Gasteiger charge is 2.72. The summed E-state index contributed by atoms with van der Waals surface area (Å²) in [4.78, 5) is 33.3. The zero-order valence-electron chi connectivity index (χ0n) is 14.2. The van der Waals surface area contributed by atoms with Gasteiger partial charge in [0.15, 0.2) is 23.4 Å². The first-order valence-electron chi connectivity index (χ1n) is 8.71. The average molecular weight is 381 g/mol. The molecule has 9 heteroatoms. The van der Waals surface area contributed by atoms with Crippen molar-refractivity contribution in [1.82, 2.24) is 4.90 Å². The minimum Gasteiger partial charge on any atom is -0.477 e. The molecule has 1 saturated carbocycles. The summed E-state index contributed by atoms with van der Waals surface area (Å²) < 4.78 is 22.2. The Morgan fingerprint density at radius 3 is 2.85 bits per heavy atom. The lowest BCUT2D eigenvalue weighted by atomic mass is 9.49. The summed E-state index contributed by atoms with van der Waals surface area (Å²) in [5, 5.41) is 11.8. The lowest BCUT2D eigenvalue weighted by Gasteiger charge is -2.62. The molecule has 4 aliphatic rings. The molecule has 5 rings (SSSR count). The number of phosphoric ester groups is 1. The first-order chi connectivity index (χ1) is 12.2. The second-order valence-electron chi connectivity index (χ2n) is 7.82. The highest BCUT2D eigenvalue weighted by molar-refractivity contribution is 7.46. The van der Waals surface area contributed by atoms with Crippen molar-refractivity contribution >= 4 is 13.6 Å². The smallest absolute Gasteiger partial charge is 0.477 e. The van der Waals surface area contributed by atoms with Gasteiger partial charge in [-0.2, -0.15) is 0 Å². The third kappa shape index (κ3) is 1.84. The molecular formula is C17H20NO7P. The molecule has 0 radical (unpaired) electrons. The van der Waals surface area contributed by atoms with Crippen LogP contribution in [0.1, 0.15) is 30.4 Å². The van der Waals surface area contributed by atoms with Gasteiger partial charge in [-0.3, -0.25) is 14.6 Å². The Hall–Kier alpha value is -1.44. The van der Waals surface area contributed by atoms with Gasteiger partial charge in [0.25, 0.3) is 0 Å². The summed E-state index contributed by atoms with van der Waals surface area (Å²) >= 11 is 0. The molecule has 2 aliphatic heterocycles. The first kappa shape index (κ1) is 16.7. The predicted octanol–water partition coefficient (Wildman–Crippen LogP) is 0.511. The first-order valence-corrected chi connectivity index (χ1v) is 10.2.